The van der Waals surface area contributed by atoms with Gasteiger partial charge in [0.25, 0.3) is 5.91 Å². The van der Waals surface area contributed by atoms with E-state index in [4.69, 9.17) is 14.2 Å². The van der Waals surface area contributed by atoms with Gasteiger partial charge in [-0.25, -0.2) is 18.0 Å². The summed E-state index contributed by atoms with van der Waals surface area (Å²) in [6, 6.07) is 3.11. The Bertz CT molecular complexity index is 1810. The van der Waals surface area contributed by atoms with E-state index in [2.05, 4.69) is 15.4 Å². The molecule has 1 unspecified atom stereocenters. The monoisotopic (exact) mass is 798 g/mol. The Morgan fingerprint density at radius 2 is 1.69 bits per heavy atom. The Labute approximate surface area is 318 Å². The van der Waals surface area contributed by atoms with Gasteiger partial charge in [-0.15, -0.1) is 0 Å². The summed E-state index contributed by atoms with van der Waals surface area (Å²) in [4.78, 5) is 69.9. The van der Waals surface area contributed by atoms with Crippen molar-refractivity contribution in [2.24, 2.45) is 17.8 Å². The molecule has 2 aliphatic carbocycles. The average Bonchev–Trinajstić information content (AvgIpc) is 3.98. The highest BCUT2D eigenvalue weighted by molar-refractivity contribution is 7.91. The van der Waals surface area contributed by atoms with Gasteiger partial charge in [0.1, 0.15) is 29.5 Å². The standard InChI is InChI=1S/C37H49F3N4O10S/c1-21-9-7-8-10-24-19-36(24,32(48)43-55(50,51)35(5)15-16-35)42-29(45)27-18-26(53-31(47)23-11-13-25(52-6)14-12-23)20-44(27)30(46)28(22(2)17-21)41-33(49)54-34(3,4)37(38,39)40/h8,10-14,21-22,24,26-28H,7,9,15-20H2,1-6H3,(H,41,49)(H,42,45)(H,43,48)/b10-8-/t21-,22+,24?,26+,27-,28-,36+/m0/s1. The van der Waals surface area contributed by atoms with Crippen LogP contribution >= 0.6 is 0 Å². The van der Waals surface area contributed by atoms with Crippen LogP contribution in [0.2, 0.25) is 0 Å². The number of fused-ring (bicyclic) bond motifs is 2. The topological polar surface area (TPSA) is 187 Å². The molecule has 3 N–H and O–H groups in total. The second-order valence-electron chi connectivity index (χ2n) is 16.0. The fourth-order valence-electron chi connectivity index (χ4n) is 6.99. The maximum Gasteiger partial charge on any atom is 0.427 e. The van der Waals surface area contributed by atoms with E-state index in [-0.39, 0.29) is 30.9 Å². The predicted octanol–water partition coefficient (Wildman–Crippen LogP) is 4.14. The molecule has 7 atom stereocenters. The number of hydrogen-bond donors (Lipinski definition) is 3. The molecule has 18 heteroatoms. The summed E-state index contributed by atoms with van der Waals surface area (Å²) >= 11 is 0. The van der Waals surface area contributed by atoms with Gasteiger partial charge >= 0.3 is 18.2 Å². The smallest absolute Gasteiger partial charge is 0.427 e. The van der Waals surface area contributed by atoms with Crippen molar-refractivity contribution in [1.82, 2.24) is 20.3 Å². The Morgan fingerprint density at radius 1 is 1.04 bits per heavy atom. The van der Waals surface area contributed by atoms with Crippen molar-refractivity contribution in [3.05, 3.63) is 42.0 Å². The maximum absolute atomic E-state index is 14.5. The molecule has 1 aromatic carbocycles. The summed E-state index contributed by atoms with van der Waals surface area (Å²) in [5, 5.41) is 5.03. The van der Waals surface area contributed by atoms with E-state index in [0.29, 0.717) is 51.7 Å². The van der Waals surface area contributed by atoms with Gasteiger partial charge < -0.3 is 29.7 Å². The highest BCUT2D eigenvalue weighted by atomic mass is 32.2. The number of methoxy groups -OCH3 is 1. The van der Waals surface area contributed by atoms with Gasteiger partial charge in [0, 0.05) is 12.3 Å². The van der Waals surface area contributed by atoms with E-state index < -0.39 is 91.9 Å². The number of sulfonamides is 1. The molecule has 4 aliphatic rings. The highest BCUT2D eigenvalue weighted by Crippen LogP contribution is 2.47. The number of alkyl carbamates (subject to hydrolysis) is 1. The van der Waals surface area contributed by atoms with Crippen LogP contribution in [0.15, 0.2) is 36.4 Å². The molecule has 5 rings (SSSR count). The predicted molar refractivity (Wildman–Crippen MR) is 191 cm³/mol. The van der Waals surface area contributed by atoms with E-state index in [1.54, 1.807) is 25.1 Å². The number of halogens is 3. The average molecular weight is 799 g/mol. The van der Waals surface area contributed by atoms with E-state index in [1.165, 1.54) is 26.2 Å². The van der Waals surface area contributed by atoms with Gasteiger partial charge in [0.05, 0.1) is 24.0 Å². The Balaban J connectivity index is 1.48. The number of nitrogens with zero attached hydrogens (tertiary/aromatic N) is 1. The van der Waals surface area contributed by atoms with Crippen LogP contribution in [0.25, 0.3) is 0 Å². The molecular weight excluding hydrogens is 749 g/mol. The SMILES string of the molecule is COc1ccc(C(=O)O[C@@H]2C[C@H]3C(=O)N[C@]4(C(=O)NS(=O)(=O)C5(C)CC5)CC4/C=C\CC[C@H](C)C[C@@H](C)[C@H](NC(=O)OC(C)(C)C(F)(F)F)C(=O)N3C2)cc1. The van der Waals surface area contributed by atoms with Crippen LogP contribution in [0.5, 0.6) is 5.75 Å². The summed E-state index contributed by atoms with van der Waals surface area (Å²) in [5.41, 5.74) is -4.44. The van der Waals surface area contributed by atoms with Crippen molar-refractivity contribution in [2.45, 2.75) is 120 Å². The van der Waals surface area contributed by atoms with Gasteiger partial charge in [-0.2, -0.15) is 13.2 Å². The van der Waals surface area contributed by atoms with Crippen molar-refractivity contribution in [2.75, 3.05) is 13.7 Å². The lowest BCUT2D eigenvalue weighted by molar-refractivity contribution is -0.244. The quantitative estimate of drug-likeness (QED) is 0.255. The first-order valence-electron chi connectivity index (χ1n) is 18.3. The second-order valence-corrected chi connectivity index (χ2v) is 18.2. The number of nitrogens with one attached hydrogen (secondary N) is 3. The van der Waals surface area contributed by atoms with Gasteiger partial charge in [0.2, 0.25) is 27.4 Å². The van der Waals surface area contributed by atoms with E-state index in [1.807, 2.05) is 13.0 Å². The number of rotatable bonds is 8. The Kier molecular flexibility index (Phi) is 11.6. The number of esters is 1. The number of hydrogen-bond acceptors (Lipinski definition) is 10. The van der Waals surface area contributed by atoms with Gasteiger partial charge in [-0.1, -0.05) is 26.0 Å². The third-order valence-corrected chi connectivity index (χ3v) is 13.3. The van der Waals surface area contributed by atoms with Gasteiger partial charge in [-0.05, 0) is 95.4 Å². The zero-order valence-corrected chi connectivity index (χ0v) is 32.5. The van der Waals surface area contributed by atoms with Crippen molar-refractivity contribution in [3.63, 3.8) is 0 Å². The first-order chi connectivity index (χ1) is 25.5. The van der Waals surface area contributed by atoms with Gasteiger partial charge in [-0.3, -0.25) is 19.1 Å². The lowest BCUT2D eigenvalue weighted by Crippen LogP contribution is -2.59. The summed E-state index contributed by atoms with van der Waals surface area (Å²) in [5.74, 6) is -4.25. The van der Waals surface area contributed by atoms with Crippen molar-refractivity contribution in [1.29, 1.82) is 0 Å². The number of ether oxygens (including phenoxy) is 3. The molecule has 304 valence electrons. The molecule has 2 aliphatic heterocycles. The largest absolute Gasteiger partial charge is 0.497 e. The number of carbonyl (C=O) groups is 5. The minimum absolute atomic E-state index is 0.0615. The molecule has 3 fully saturated rings. The van der Waals surface area contributed by atoms with Crippen LogP contribution in [0.4, 0.5) is 18.0 Å². The Hall–Kier alpha value is -4.35. The molecule has 1 saturated heterocycles. The molecule has 2 saturated carbocycles. The minimum Gasteiger partial charge on any atom is -0.497 e. The van der Waals surface area contributed by atoms with Crippen LogP contribution < -0.4 is 20.1 Å². The molecule has 2 heterocycles. The molecule has 14 nitrogen and oxygen atoms in total. The van der Waals surface area contributed by atoms with Crippen LogP contribution in [0.1, 0.15) is 89.9 Å². The lowest BCUT2D eigenvalue weighted by atomic mass is 9.88. The molecule has 0 bridgehead atoms. The molecule has 0 radical (unpaired) electrons. The molecular formula is C37H49F3N4O10S. The van der Waals surface area contributed by atoms with E-state index in [9.17, 15) is 45.6 Å². The van der Waals surface area contributed by atoms with Crippen molar-refractivity contribution < 1.29 is 59.8 Å². The zero-order chi connectivity index (χ0) is 40.7. The van der Waals surface area contributed by atoms with Crippen LogP contribution in [0.3, 0.4) is 0 Å². The number of allylic oxidation sites excluding steroid dienone is 1. The van der Waals surface area contributed by atoms with E-state index in [0.717, 1.165) is 4.90 Å². The van der Waals surface area contributed by atoms with Gasteiger partial charge in [0.15, 0.2) is 0 Å². The third kappa shape index (κ3) is 9.04. The molecule has 55 heavy (non-hydrogen) atoms. The number of alkyl halides is 3. The van der Waals surface area contributed by atoms with Crippen LogP contribution in [0, 0.1) is 17.8 Å². The summed E-state index contributed by atoms with van der Waals surface area (Å²) < 4.78 is 83.8. The minimum atomic E-state index is -4.93. The van der Waals surface area contributed by atoms with Crippen LogP contribution in [-0.4, -0.2) is 97.0 Å². The lowest BCUT2D eigenvalue weighted by Gasteiger charge is -2.34. The number of amides is 4. The first kappa shape index (κ1) is 41.8. The van der Waals surface area contributed by atoms with Crippen molar-refractivity contribution >= 4 is 39.8 Å². The summed E-state index contributed by atoms with van der Waals surface area (Å²) in [6.07, 6.45) is -1.94. The normalized spacial score (nSPS) is 30.2. The summed E-state index contributed by atoms with van der Waals surface area (Å²) in [7, 11) is -2.64. The fourth-order valence-corrected chi connectivity index (χ4v) is 8.30. The fraction of sp³-hybridized carbons (Fsp3) is 0.649. The van der Waals surface area contributed by atoms with Crippen LogP contribution in [-0.2, 0) is 33.9 Å². The molecule has 0 aromatic heterocycles. The van der Waals surface area contributed by atoms with Crippen molar-refractivity contribution in [3.8, 4) is 5.75 Å². The molecule has 1 aromatic rings. The number of carbonyl (C=O) groups excluding carboxylic acids is 5. The number of benzene rings is 1. The highest BCUT2D eigenvalue weighted by Gasteiger charge is 2.63. The summed E-state index contributed by atoms with van der Waals surface area (Å²) in [6.45, 7) is 6.05. The Morgan fingerprint density at radius 3 is 2.29 bits per heavy atom. The molecule has 4 amide bonds. The zero-order valence-electron chi connectivity index (χ0n) is 31.7. The maximum atomic E-state index is 14.5. The third-order valence-electron chi connectivity index (χ3n) is 11.2. The molecule has 0 spiro atoms. The van der Waals surface area contributed by atoms with E-state index >= 15 is 0 Å². The first-order valence-corrected chi connectivity index (χ1v) is 19.8. The second kappa shape index (κ2) is 15.3.